The molecule has 16 heteroatoms. The van der Waals surface area contributed by atoms with Gasteiger partial charge in [0.2, 0.25) is 0 Å². The molecule has 4 aliphatic heterocycles. The third kappa shape index (κ3) is 14.3. The first-order chi connectivity index (χ1) is 59.5. The average molecular weight is 1570 g/mol. The van der Waals surface area contributed by atoms with Crippen LogP contribution in [-0.4, -0.2) is 29.9 Å². The maximum atomic E-state index is 9.22. The first kappa shape index (κ1) is 48.6. The molecule has 0 spiro atoms. The van der Waals surface area contributed by atoms with Gasteiger partial charge in [-0.2, -0.15) is 0 Å². The van der Waals surface area contributed by atoms with E-state index in [9.17, 15) is 8.22 Å². The Balaban J connectivity index is 0.000000197. The van der Waals surface area contributed by atoms with Crippen LogP contribution in [0.25, 0.3) is 66.8 Å². The first-order valence-corrected chi connectivity index (χ1v) is 52.8. The highest BCUT2D eigenvalue weighted by molar-refractivity contribution is 8.58. The Bertz CT molecular complexity index is 5640. The summed E-state index contributed by atoms with van der Waals surface area (Å²) in [6.45, 7) is -7.35. The Labute approximate surface area is 676 Å². The number of hydrogen-bond acceptors (Lipinski definition) is 12. The highest BCUT2D eigenvalue weighted by Crippen LogP contribution is 2.58. The minimum atomic E-state index is -3.13. The highest BCUT2D eigenvalue weighted by atomic mass is 32.6. The summed E-state index contributed by atoms with van der Waals surface area (Å²) >= 11 is 10.1. The number of aryl methyl sites for hydroxylation is 4. The van der Waals surface area contributed by atoms with E-state index in [2.05, 4.69) is 38.3 Å². The van der Waals surface area contributed by atoms with Crippen molar-refractivity contribution in [1.82, 2.24) is 0 Å². The Morgan fingerprint density at radius 2 is 0.529 bits per heavy atom. The van der Waals surface area contributed by atoms with E-state index in [-0.39, 0.29) is 124 Å². The van der Waals surface area contributed by atoms with Gasteiger partial charge in [-0.25, -0.2) is 0 Å². The minimum absolute atomic E-state index is 0.00429. The molecular formula is C88H84O6S6Si4. The zero-order chi connectivity index (χ0) is 92.7. The molecule has 0 aromatic heterocycles. The molecule has 6 nitrogen and oxygen atoms in total. The monoisotopic (exact) mass is 1560 g/mol. The summed E-state index contributed by atoms with van der Waals surface area (Å²) < 4.78 is 253. The normalized spacial score (nSPS) is 19.8. The first-order valence-electron chi connectivity index (χ1n) is 45.3. The van der Waals surface area contributed by atoms with Gasteiger partial charge in [-0.3, -0.25) is 0 Å². The lowest BCUT2D eigenvalue weighted by atomic mass is 9.84. The van der Waals surface area contributed by atoms with Crippen LogP contribution in [0.2, 0.25) is 52.4 Å². The molecule has 12 aromatic carbocycles. The molecule has 0 atom stereocenters. The highest BCUT2D eigenvalue weighted by Gasteiger charge is 2.38. The van der Waals surface area contributed by atoms with Crippen molar-refractivity contribution >= 4 is 98.2 Å². The van der Waals surface area contributed by atoms with Crippen molar-refractivity contribution in [3.05, 3.63) is 263 Å². The van der Waals surface area contributed by atoms with E-state index in [1.807, 2.05) is 109 Å². The molecule has 0 radical (unpaired) electrons. The third-order valence-corrected chi connectivity index (χ3v) is 39.1. The lowest BCUT2D eigenvalue weighted by Gasteiger charge is -2.31. The van der Waals surface area contributed by atoms with Gasteiger partial charge in [0.1, 0.15) is 23.0 Å². The van der Waals surface area contributed by atoms with Gasteiger partial charge in [-0.1, -0.05) is 195 Å². The van der Waals surface area contributed by atoms with Gasteiger partial charge in [0.25, 0.3) is 0 Å². The van der Waals surface area contributed by atoms with Gasteiger partial charge in [-0.05, 0) is 228 Å². The number of para-hydroxylation sites is 6. The molecule has 0 unspecified atom stereocenters. The molecule has 0 fully saturated rings. The Morgan fingerprint density at radius 3 is 0.885 bits per heavy atom. The van der Waals surface area contributed by atoms with E-state index in [0.29, 0.717) is 32.4 Å². The second-order valence-corrected chi connectivity index (χ2v) is 59.7. The van der Waals surface area contributed by atoms with Crippen molar-refractivity contribution in [3.8, 4) is 113 Å². The van der Waals surface area contributed by atoms with Gasteiger partial charge in [0, 0.05) is 109 Å². The standard InChI is InChI=1S/C44H42O6Si2.C44H42S6Si2/c2*1-27-23-25-31(29(3)41(27)33-15-13-21-39-43(33)45-35-17-9-11-19-37(35)47-51(5,6)49-39)32-26-24-28(2)42(30(32)4)34-16-14-22-40-44(34)46-36-18-10-12-20-38(36)48-52(7,8)50-40/h2*9-26H,1-8H3/i2*1D3,2D3,3D3,4D3. The molecule has 4 aliphatic rings. The van der Waals surface area contributed by atoms with E-state index in [4.69, 9.17) is 51.9 Å². The molecule has 524 valence electrons. The van der Waals surface area contributed by atoms with Crippen molar-refractivity contribution in [2.24, 2.45) is 0 Å². The van der Waals surface area contributed by atoms with Crippen LogP contribution in [0.5, 0.6) is 46.0 Å². The van der Waals surface area contributed by atoms with Crippen LogP contribution in [0.4, 0.5) is 0 Å². The van der Waals surface area contributed by atoms with E-state index in [1.54, 1.807) is 107 Å². The van der Waals surface area contributed by atoms with Crippen molar-refractivity contribution < 1.29 is 60.1 Å². The zero-order valence-corrected chi connectivity index (χ0v) is 66.6. The molecule has 0 bridgehead atoms. The summed E-state index contributed by atoms with van der Waals surface area (Å²) in [6, 6.07) is 60.8. The SMILES string of the molecule is [2H]C([2H])([2H])c1ccc(-c2ccc(C([2H])([2H])[2H])c(-c3cccc4c3Oc3ccccc3O[Si](C)(C)O4)c2C([2H])([2H])[2H])c(C([2H])([2H])[2H])c1-c1cccc2c1Oc1ccccc1O[Si](C)(C)O2.[2H]C([2H])([2H])c1ccc(-c2ccc(C([2H])([2H])[2H])c(-c3cccc4c3Sc3ccccc3S[Si](C)(C)S4)c2C([2H])([2H])[2H])c(C([2H])([2H])[2H])c1-c1cccc2c1Sc1ccccc1S[Si](C)(C)S2. The van der Waals surface area contributed by atoms with Crippen LogP contribution in [0.3, 0.4) is 0 Å². The van der Waals surface area contributed by atoms with E-state index in [1.165, 1.54) is 84.2 Å². The number of benzene rings is 12. The second kappa shape index (κ2) is 28.6. The van der Waals surface area contributed by atoms with E-state index < -0.39 is 95.8 Å². The predicted octanol–water partition coefficient (Wildman–Crippen LogP) is 28.5. The smallest absolute Gasteiger partial charge is 0.454 e. The number of hydrogen-bond donors (Lipinski definition) is 0. The molecule has 0 saturated carbocycles. The Hall–Kier alpha value is -7.59. The summed E-state index contributed by atoms with van der Waals surface area (Å²) in [4.78, 5) is 7.31. The third-order valence-electron chi connectivity index (χ3n) is 17.5. The minimum Gasteiger partial charge on any atom is -0.509 e. The molecule has 0 amide bonds. The summed E-state index contributed by atoms with van der Waals surface area (Å²) in [5.74, 6) is 1.59. The average Bonchev–Trinajstić information content (AvgIpc) is 0.716. The van der Waals surface area contributed by atoms with Crippen LogP contribution in [-0.2, 0) is 0 Å². The molecule has 104 heavy (non-hydrogen) atoms. The number of rotatable bonds is 6. The lowest BCUT2D eigenvalue weighted by molar-refractivity contribution is 0.345. The second-order valence-electron chi connectivity index (χ2n) is 26.8. The molecule has 0 saturated heterocycles. The fraction of sp³-hybridized carbons (Fsp3) is 0.182. The molecular weight excluding hydrogens is 1460 g/mol. The van der Waals surface area contributed by atoms with Crippen molar-refractivity contribution in [2.75, 3.05) is 0 Å². The molecule has 16 rings (SSSR count). The quantitative estimate of drug-likeness (QED) is 0.149. The maximum absolute atomic E-state index is 9.22. The van der Waals surface area contributed by atoms with Crippen LogP contribution < -0.4 is 27.2 Å². The van der Waals surface area contributed by atoms with Gasteiger partial charge >= 0.3 is 17.1 Å². The van der Waals surface area contributed by atoms with Crippen LogP contribution in [0.1, 0.15) is 77.4 Å². The van der Waals surface area contributed by atoms with E-state index >= 15 is 0 Å². The van der Waals surface area contributed by atoms with Gasteiger partial charge in [-0.15, -0.1) is 44.8 Å². The summed E-state index contributed by atoms with van der Waals surface area (Å²) in [5, 5.41) is 0. The van der Waals surface area contributed by atoms with E-state index in [0.717, 1.165) is 29.4 Å². The summed E-state index contributed by atoms with van der Waals surface area (Å²) in [5.41, 5.74) is -2.76. The predicted molar refractivity (Wildman–Crippen MR) is 453 cm³/mol. The Morgan fingerprint density at radius 1 is 0.250 bits per heavy atom. The van der Waals surface area contributed by atoms with Gasteiger partial charge in [0.05, 0.1) is 0 Å². The zero-order valence-electron chi connectivity index (χ0n) is 81.7. The van der Waals surface area contributed by atoms with Crippen molar-refractivity contribution in [1.29, 1.82) is 0 Å². The van der Waals surface area contributed by atoms with Crippen LogP contribution in [0.15, 0.2) is 258 Å². The number of fused-ring (bicyclic) bond motifs is 8. The fourth-order valence-corrected chi connectivity index (χ4v) is 36.1. The molecule has 0 N–H and O–H groups in total. The summed E-state index contributed by atoms with van der Waals surface area (Å²) in [7, 11) is -6.06. The van der Waals surface area contributed by atoms with Gasteiger partial charge < -0.3 is 27.2 Å². The Kier molecular flexibility index (Phi) is 13.4. The van der Waals surface area contributed by atoms with Crippen molar-refractivity contribution in [2.45, 2.75) is 146 Å². The topological polar surface area (TPSA) is 55.4 Å². The van der Waals surface area contributed by atoms with Crippen molar-refractivity contribution in [3.63, 3.8) is 0 Å². The van der Waals surface area contributed by atoms with Gasteiger partial charge in [0.15, 0.2) is 35.7 Å². The molecule has 4 heterocycles. The van der Waals surface area contributed by atoms with Crippen LogP contribution in [0, 0.1) is 54.8 Å². The maximum Gasteiger partial charge on any atom is 0.454 e. The summed E-state index contributed by atoms with van der Waals surface area (Å²) in [6.07, 6.45) is -4.22. The number of ether oxygens (including phenoxy) is 2. The molecule has 0 aliphatic carbocycles. The molecule has 12 aromatic rings. The fourth-order valence-electron chi connectivity index (χ4n) is 13.1. The lowest BCUT2D eigenvalue weighted by Crippen LogP contribution is -2.42. The largest absolute Gasteiger partial charge is 0.509 e. The van der Waals surface area contributed by atoms with Crippen LogP contribution >= 0.6 is 68.4 Å².